The van der Waals surface area contributed by atoms with E-state index in [0.717, 1.165) is 16.7 Å². The molecule has 2 aromatic carbocycles. The Balaban J connectivity index is 1.78. The van der Waals surface area contributed by atoms with Crippen molar-refractivity contribution in [3.05, 3.63) is 48.0 Å². The minimum atomic E-state index is -3.78. The molecule has 0 N–H and O–H groups in total. The molecule has 0 saturated heterocycles. The zero-order valence-electron chi connectivity index (χ0n) is 15.8. The van der Waals surface area contributed by atoms with Crippen LogP contribution in [-0.4, -0.2) is 41.3 Å². The second-order valence-corrected chi connectivity index (χ2v) is 8.24. The van der Waals surface area contributed by atoms with E-state index in [4.69, 9.17) is 14.2 Å². The average Bonchev–Trinajstić information content (AvgIpc) is 3.14. The predicted molar refractivity (Wildman–Crippen MR) is 106 cm³/mol. The molecular weight excluding hydrogens is 380 g/mol. The van der Waals surface area contributed by atoms with Gasteiger partial charge in [0.25, 0.3) is 10.0 Å². The Morgan fingerprint density at radius 1 is 0.929 bits per heavy atom. The molecule has 28 heavy (non-hydrogen) atoms. The summed E-state index contributed by atoms with van der Waals surface area (Å²) in [5.41, 5.74) is 1.61. The quantitative estimate of drug-likeness (QED) is 0.655. The number of anilines is 1. The van der Waals surface area contributed by atoms with E-state index in [-0.39, 0.29) is 4.90 Å². The molecule has 4 rings (SSSR count). The molecule has 2 heterocycles. The van der Waals surface area contributed by atoms with E-state index in [1.807, 2.05) is 24.3 Å². The van der Waals surface area contributed by atoms with Gasteiger partial charge in [-0.1, -0.05) is 0 Å². The molecule has 0 amide bonds. The highest BCUT2D eigenvalue weighted by Crippen LogP contribution is 2.36. The lowest BCUT2D eigenvalue weighted by molar-refractivity contribution is 0.354. The van der Waals surface area contributed by atoms with Crippen molar-refractivity contribution in [2.75, 3.05) is 32.2 Å². The van der Waals surface area contributed by atoms with Crippen LogP contribution in [0.4, 0.5) is 5.82 Å². The van der Waals surface area contributed by atoms with Crippen molar-refractivity contribution >= 4 is 26.7 Å². The Bertz CT molecular complexity index is 1160. The van der Waals surface area contributed by atoms with E-state index in [0.29, 0.717) is 35.8 Å². The van der Waals surface area contributed by atoms with Gasteiger partial charge in [0.1, 0.15) is 11.6 Å². The third-order valence-electron chi connectivity index (χ3n) is 4.84. The van der Waals surface area contributed by atoms with E-state index >= 15 is 0 Å². The first kappa shape index (κ1) is 18.4. The predicted octanol–water partition coefficient (Wildman–Crippen LogP) is 3.01. The van der Waals surface area contributed by atoms with Crippen molar-refractivity contribution in [3.8, 4) is 17.2 Å². The van der Waals surface area contributed by atoms with Gasteiger partial charge >= 0.3 is 0 Å². The van der Waals surface area contributed by atoms with Crippen LogP contribution in [0.5, 0.6) is 17.2 Å². The summed E-state index contributed by atoms with van der Waals surface area (Å²) in [5, 5.41) is 0.920. The van der Waals surface area contributed by atoms with Gasteiger partial charge in [0.15, 0.2) is 11.5 Å². The van der Waals surface area contributed by atoms with Crippen molar-refractivity contribution in [2.45, 2.75) is 11.3 Å². The third-order valence-corrected chi connectivity index (χ3v) is 6.63. The molecule has 146 valence electrons. The van der Waals surface area contributed by atoms with Gasteiger partial charge in [-0.2, -0.15) is 0 Å². The Labute approximate surface area is 163 Å². The summed E-state index contributed by atoms with van der Waals surface area (Å²) in [4.78, 5) is 4.75. The first-order valence-corrected chi connectivity index (χ1v) is 10.1. The van der Waals surface area contributed by atoms with Crippen molar-refractivity contribution in [2.24, 2.45) is 0 Å². The third kappa shape index (κ3) is 2.90. The van der Waals surface area contributed by atoms with Crippen LogP contribution in [0.2, 0.25) is 0 Å². The normalized spacial score (nSPS) is 13.5. The van der Waals surface area contributed by atoms with Gasteiger partial charge in [-0.05, 0) is 48.4 Å². The Morgan fingerprint density at radius 2 is 1.71 bits per heavy atom. The number of fused-ring (bicyclic) bond motifs is 2. The van der Waals surface area contributed by atoms with E-state index in [9.17, 15) is 8.42 Å². The fraction of sp³-hybridized carbons (Fsp3) is 0.250. The summed E-state index contributed by atoms with van der Waals surface area (Å²) >= 11 is 0. The number of nitrogens with zero attached hydrogens (tertiary/aromatic N) is 2. The number of hydrogen-bond donors (Lipinski definition) is 0. The van der Waals surface area contributed by atoms with Gasteiger partial charge in [0.2, 0.25) is 0 Å². The van der Waals surface area contributed by atoms with Crippen LogP contribution in [-0.2, 0) is 16.4 Å². The van der Waals surface area contributed by atoms with Crippen molar-refractivity contribution in [3.63, 3.8) is 0 Å². The lowest BCUT2D eigenvalue weighted by Crippen LogP contribution is -2.29. The summed E-state index contributed by atoms with van der Waals surface area (Å²) in [7, 11) is 0.810. The van der Waals surface area contributed by atoms with Gasteiger partial charge in [-0.25, -0.2) is 17.7 Å². The Hall–Kier alpha value is -3.00. The molecule has 0 bridgehead atoms. The minimum absolute atomic E-state index is 0.134. The minimum Gasteiger partial charge on any atom is -0.497 e. The van der Waals surface area contributed by atoms with Gasteiger partial charge in [-0.15, -0.1) is 0 Å². The average molecular weight is 400 g/mol. The smallest absolute Gasteiger partial charge is 0.265 e. The van der Waals surface area contributed by atoms with Crippen molar-refractivity contribution in [1.82, 2.24) is 4.98 Å². The maximum atomic E-state index is 13.3. The fourth-order valence-corrected chi connectivity index (χ4v) is 4.85. The lowest BCUT2D eigenvalue weighted by atomic mass is 10.1. The van der Waals surface area contributed by atoms with E-state index in [1.54, 1.807) is 13.2 Å². The lowest BCUT2D eigenvalue weighted by Gasteiger charge is -2.19. The fourth-order valence-electron chi connectivity index (χ4n) is 3.38. The first-order valence-electron chi connectivity index (χ1n) is 8.70. The summed E-state index contributed by atoms with van der Waals surface area (Å²) < 4.78 is 43.6. The molecule has 0 fully saturated rings. The zero-order chi connectivity index (χ0) is 19.9. The molecule has 1 aliphatic rings. The molecule has 8 heteroatoms. The standard InChI is InChI=1S/C20H20N2O5S/c1-25-15-4-6-17-14(11-15)10-13-8-9-22(20(13)21-17)28(23,24)16-5-7-18(26-2)19(12-16)27-3/h4-7,10-12H,8-9H2,1-3H3. The maximum absolute atomic E-state index is 13.3. The number of aromatic nitrogens is 1. The van der Waals surface area contributed by atoms with E-state index < -0.39 is 10.0 Å². The molecule has 0 aliphatic carbocycles. The van der Waals surface area contributed by atoms with Crippen LogP contribution in [0.3, 0.4) is 0 Å². The molecule has 0 radical (unpaired) electrons. The van der Waals surface area contributed by atoms with E-state index in [1.165, 1.54) is 30.7 Å². The van der Waals surface area contributed by atoms with Crippen LogP contribution >= 0.6 is 0 Å². The van der Waals surface area contributed by atoms with Crippen molar-refractivity contribution < 1.29 is 22.6 Å². The first-order chi connectivity index (χ1) is 13.5. The highest BCUT2D eigenvalue weighted by molar-refractivity contribution is 7.92. The van der Waals surface area contributed by atoms with Crippen molar-refractivity contribution in [1.29, 1.82) is 0 Å². The number of sulfonamides is 1. The Kier molecular flexibility index (Phi) is 4.50. The monoisotopic (exact) mass is 400 g/mol. The zero-order valence-corrected chi connectivity index (χ0v) is 16.6. The molecule has 0 atom stereocenters. The van der Waals surface area contributed by atoms with Gasteiger partial charge in [0.05, 0.1) is 31.7 Å². The van der Waals surface area contributed by atoms with E-state index in [2.05, 4.69) is 4.98 Å². The molecule has 1 aliphatic heterocycles. The molecule has 0 saturated carbocycles. The van der Waals surface area contributed by atoms with Crippen LogP contribution < -0.4 is 18.5 Å². The molecular formula is C20H20N2O5S. The number of methoxy groups -OCH3 is 3. The number of ether oxygens (including phenoxy) is 3. The number of pyridine rings is 1. The van der Waals surface area contributed by atoms with Crippen LogP contribution in [0.15, 0.2) is 47.4 Å². The number of rotatable bonds is 5. The molecule has 0 unspecified atom stereocenters. The highest BCUT2D eigenvalue weighted by atomic mass is 32.2. The van der Waals surface area contributed by atoms with Gasteiger partial charge in [0, 0.05) is 18.0 Å². The highest BCUT2D eigenvalue weighted by Gasteiger charge is 2.33. The largest absolute Gasteiger partial charge is 0.497 e. The topological polar surface area (TPSA) is 78.0 Å². The van der Waals surface area contributed by atoms with Crippen LogP contribution in [0.1, 0.15) is 5.56 Å². The molecule has 7 nitrogen and oxygen atoms in total. The summed E-state index contributed by atoms with van der Waals surface area (Å²) in [6.07, 6.45) is 0.599. The SMILES string of the molecule is COc1ccc2nc3c(cc2c1)CCN3S(=O)(=O)c1ccc(OC)c(OC)c1. The molecule has 1 aromatic heterocycles. The maximum Gasteiger partial charge on any atom is 0.265 e. The second kappa shape index (κ2) is 6.87. The second-order valence-electron chi connectivity index (χ2n) is 6.37. The summed E-state index contributed by atoms with van der Waals surface area (Å²) in [5.74, 6) is 2.04. The van der Waals surface area contributed by atoms with Crippen LogP contribution in [0.25, 0.3) is 10.9 Å². The number of hydrogen-bond acceptors (Lipinski definition) is 6. The van der Waals surface area contributed by atoms with Crippen LogP contribution in [0, 0.1) is 0 Å². The molecule has 0 spiro atoms. The Morgan fingerprint density at radius 3 is 2.43 bits per heavy atom. The summed E-state index contributed by atoms with van der Waals surface area (Å²) in [6.45, 7) is 0.340. The summed E-state index contributed by atoms with van der Waals surface area (Å²) in [6, 6.07) is 12.1. The van der Waals surface area contributed by atoms with Gasteiger partial charge in [-0.3, -0.25) is 0 Å². The number of benzene rings is 2. The van der Waals surface area contributed by atoms with Gasteiger partial charge < -0.3 is 14.2 Å². The molecule has 3 aromatic rings.